The number of para-hydroxylation sites is 1. The van der Waals surface area contributed by atoms with Crippen molar-refractivity contribution in [2.75, 3.05) is 24.9 Å². The predicted molar refractivity (Wildman–Crippen MR) is 143 cm³/mol. The van der Waals surface area contributed by atoms with Crippen LogP contribution in [0, 0.1) is 0 Å². The van der Waals surface area contributed by atoms with E-state index in [1.54, 1.807) is 68.8 Å². The van der Waals surface area contributed by atoms with E-state index < -0.39 is 5.91 Å². The summed E-state index contributed by atoms with van der Waals surface area (Å²) < 4.78 is 10.6. The van der Waals surface area contributed by atoms with Crippen LogP contribution in [0.1, 0.15) is 16.1 Å². The molecule has 0 aliphatic heterocycles. The molecule has 0 aliphatic rings. The Morgan fingerprint density at radius 1 is 0.947 bits per heavy atom. The highest BCUT2D eigenvalue weighted by molar-refractivity contribution is 6.31. The zero-order valence-electron chi connectivity index (χ0n) is 20.3. The first-order valence-corrected chi connectivity index (χ1v) is 11.8. The maximum Gasteiger partial charge on any atom is 0.272 e. The van der Waals surface area contributed by atoms with E-state index in [0.29, 0.717) is 50.5 Å². The Hall–Kier alpha value is -4.90. The van der Waals surface area contributed by atoms with Crippen LogP contribution in [0.25, 0.3) is 22.3 Å². The second-order valence-corrected chi connectivity index (χ2v) is 8.68. The lowest BCUT2D eigenvalue weighted by molar-refractivity contribution is -0.115. The van der Waals surface area contributed by atoms with Gasteiger partial charge in [-0.1, -0.05) is 29.8 Å². The van der Waals surface area contributed by atoms with Gasteiger partial charge in [-0.3, -0.25) is 9.59 Å². The van der Waals surface area contributed by atoms with Crippen molar-refractivity contribution in [3.05, 3.63) is 76.9 Å². The van der Waals surface area contributed by atoms with Gasteiger partial charge in [0.25, 0.3) is 5.91 Å². The molecule has 2 amide bonds. The molecule has 5 aromatic rings. The summed E-state index contributed by atoms with van der Waals surface area (Å²) in [6.45, 7) is 0. The highest BCUT2D eigenvalue weighted by Crippen LogP contribution is 2.30. The topological polar surface area (TPSA) is 147 Å². The second kappa shape index (κ2) is 10.6. The third-order valence-electron chi connectivity index (χ3n) is 5.80. The van der Waals surface area contributed by atoms with Crippen LogP contribution in [0.5, 0.6) is 11.5 Å². The van der Waals surface area contributed by atoms with Crippen molar-refractivity contribution in [2.45, 2.75) is 6.42 Å². The number of nitrogens with one attached hydrogen (secondary N) is 4. The van der Waals surface area contributed by atoms with Crippen LogP contribution in [0.4, 0.5) is 11.4 Å². The van der Waals surface area contributed by atoms with Crippen molar-refractivity contribution in [1.29, 1.82) is 0 Å². The first kappa shape index (κ1) is 24.8. The number of rotatable bonds is 8. The number of aromatic nitrogens is 5. The molecule has 5 rings (SSSR count). The summed E-state index contributed by atoms with van der Waals surface area (Å²) in [6.07, 6.45) is 0.125. The van der Waals surface area contributed by atoms with Crippen LogP contribution in [0.15, 0.2) is 60.7 Å². The lowest BCUT2D eigenvalue weighted by Gasteiger charge is -2.10. The normalized spacial score (nSPS) is 10.8. The summed E-state index contributed by atoms with van der Waals surface area (Å²) in [5.74, 6) is 0.802. The summed E-state index contributed by atoms with van der Waals surface area (Å²) in [4.78, 5) is 29.1. The SMILES string of the molecule is COc1ccc(CC(=O)Nc2cccc3cc(C(=O)Nc4ccc(Cl)cc4-c4nn[nH]n4)[nH]c23)cc1OC. The second-order valence-electron chi connectivity index (χ2n) is 8.25. The van der Waals surface area contributed by atoms with Crippen LogP contribution < -0.4 is 20.1 Å². The first-order chi connectivity index (χ1) is 18.4. The Kier molecular flexibility index (Phi) is 6.92. The lowest BCUT2D eigenvalue weighted by Crippen LogP contribution is -2.15. The molecular weight excluding hydrogens is 510 g/mol. The number of halogens is 1. The third kappa shape index (κ3) is 5.13. The van der Waals surface area contributed by atoms with Crippen LogP contribution in [-0.2, 0) is 11.2 Å². The van der Waals surface area contributed by atoms with Gasteiger partial charge in [0.05, 0.1) is 37.5 Å². The molecule has 0 spiro atoms. The number of aromatic amines is 2. The number of H-pyrrole nitrogens is 2. The number of methoxy groups -OCH3 is 2. The standard InChI is InChI=1S/C26H22ClN7O4/c1-37-21-9-6-14(10-22(21)38-2)11-23(35)28-19-5-3-4-15-12-20(29-24(15)19)26(36)30-18-8-7-16(27)13-17(18)25-31-33-34-32-25/h3-10,12-13,29H,11H2,1-2H3,(H,28,35)(H,30,36)(H,31,32,33,34). The number of nitrogens with zero attached hydrogens (tertiary/aromatic N) is 3. The third-order valence-corrected chi connectivity index (χ3v) is 6.04. The molecule has 0 saturated heterocycles. The zero-order valence-corrected chi connectivity index (χ0v) is 21.1. The highest BCUT2D eigenvalue weighted by atomic mass is 35.5. The number of hydrogen-bond donors (Lipinski definition) is 4. The number of anilines is 2. The summed E-state index contributed by atoms with van der Waals surface area (Å²) in [5.41, 5.74) is 3.20. The Bertz CT molecular complexity index is 1630. The molecule has 0 radical (unpaired) electrons. The first-order valence-electron chi connectivity index (χ1n) is 11.4. The maximum absolute atomic E-state index is 13.1. The van der Waals surface area contributed by atoms with Gasteiger partial charge >= 0.3 is 0 Å². The number of hydrogen-bond acceptors (Lipinski definition) is 7. The average molecular weight is 532 g/mol. The summed E-state index contributed by atoms with van der Waals surface area (Å²) >= 11 is 6.13. The molecule has 2 aromatic heterocycles. The minimum Gasteiger partial charge on any atom is -0.493 e. The van der Waals surface area contributed by atoms with Crippen LogP contribution >= 0.6 is 11.6 Å². The lowest BCUT2D eigenvalue weighted by atomic mass is 10.1. The molecule has 0 aliphatic carbocycles. The molecular formula is C26H22ClN7O4. The molecule has 0 bridgehead atoms. The molecule has 0 atom stereocenters. The van der Waals surface area contributed by atoms with Gasteiger partial charge in [0.1, 0.15) is 5.69 Å². The number of amides is 2. The fraction of sp³-hybridized carbons (Fsp3) is 0.115. The van der Waals surface area contributed by atoms with E-state index in [9.17, 15) is 9.59 Å². The van der Waals surface area contributed by atoms with E-state index in [-0.39, 0.29) is 12.3 Å². The number of carbonyl (C=O) groups excluding carboxylic acids is 2. The van der Waals surface area contributed by atoms with Gasteiger partial charge in [-0.05, 0) is 53.2 Å². The Labute approximate surface area is 221 Å². The van der Waals surface area contributed by atoms with Crippen LogP contribution in [0.3, 0.4) is 0 Å². The monoisotopic (exact) mass is 531 g/mol. The van der Waals surface area contributed by atoms with Crippen molar-refractivity contribution in [1.82, 2.24) is 25.6 Å². The number of carbonyl (C=O) groups is 2. The largest absolute Gasteiger partial charge is 0.493 e. The summed E-state index contributed by atoms with van der Waals surface area (Å²) in [6, 6.07) is 17.4. The molecule has 2 heterocycles. The van der Waals surface area contributed by atoms with E-state index in [4.69, 9.17) is 21.1 Å². The van der Waals surface area contributed by atoms with Crippen LogP contribution in [-0.4, -0.2) is 51.6 Å². The Balaban J connectivity index is 1.35. The van der Waals surface area contributed by atoms with Gasteiger partial charge < -0.3 is 25.1 Å². The minimum absolute atomic E-state index is 0.125. The van der Waals surface area contributed by atoms with Gasteiger partial charge in [-0.2, -0.15) is 5.21 Å². The Morgan fingerprint density at radius 2 is 1.79 bits per heavy atom. The molecule has 0 fully saturated rings. The van der Waals surface area contributed by atoms with Crippen LogP contribution in [0.2, 0.25) is 5.02 Å². The van der Waals surface area contributed by atoms with Gasteiger partial charge in [0.15, 0.2) is 11.5 Å². The average Bonchev–Trinajstić information content (AvgIpc) is 3.60. The van der Waals surface area contributed by atoms with Crippen molar-refractivity contribution >= 4 is 45.7 Å². The van der Waals surface area contributed by atoms with Gasteiger partial charge in [0.2, 0.25) is 11.7 Å². The van der Waals surface area contributed by atoms with E-state index in [1.807, 2.05) is 6.07 Å². The quantitative estimate of drug-likeness (QED) is 0.231. The molecule has 38 heavy (non-hydrogen) atoms. The van der Waals surface area contributed by atoms with E-state index in [2.05, 4.69) is 36.2 Å². The summed E-state index contributed by atoms with van der Waals surface area (Å²) in [5, 5.41) is 20.9. The van der Waals surface area contributed by atoms with E-state index in [1.165, 1.54) is 0 Å². The van der Waals surface area contributed by atoms with Crippen molar-refractivity contribution in [3.63, 3.8) is 0 Å². The molecule has 0 unspecified atom stereocenters. The van der Waals surface area contributed by atoms with Gasteiger partial charge in [-0.25, -0.2) is 0 Å². The van der Waals surface area contributed by atoms with Crippen molar-refractivity contribution < 1.29 is 19.1 Å². The molecule has 12 heteroatoms. The van der Waals surface area contributed by atoms with Crippen molar-refractivity contribution in [2.24, 2.45) is 0 Å². The van der Waals surface area contributed by atoms with Gasteiger partial charge in [0, 0.05) is 16.0 Å². The van der Waals surface area contributed by atoms with E-state index >= 15 is 0 Å². The maximum atomic E-state index is 13.1. The summed E-state index contributed by atoms with van der Waals surface area (Å²) in [7, 11) is 3.10. The molecule has 4 N–H and O–H groups in total. The number of ether oxygens (including phenoxy) is 2. The smallest absolute Gasteiger partial charge is 0.272 e. The highest BCUT2D eigenvalue weighted by Gasteiger charge is 2.17. The number of fused-ring (bicyclic) bond motifs is 1. The molecule has 11 nitrogen and oxygen atoms in total. The molecule has 3 aromatic carbocycles. The minimum atomic E-state index is -0.393. The van der Waals surface area contributed by atoms with Gasteiger partial charge in [-0.15, -0.1) is 10.2 Å². The molecule has 192 valence electrons. The predicted octanol–water partition coefficient (Wildman–Crippen LogP) is 4.45. The number of benzene rings is 3. The fourth-order valence-electron chi connectivity index (χ4n) is 4.03. The van der Waals surface area contributed by atoms with Crippen molar-refractivity contribution in [3.8, 4) is 22.9 Å². The fourth-order valence-corrected chi connectivity index (χ4v) is 4.20. The zero-order chi connectivity index (χ0) is 26.6. The Morgan fingerprint density at radius 3 is 2.55 bits per heavy atom. The van der Waals surface area contributed by atoms with E-state index in [0.717, 1.165) is 10.9 Å². The number of tetrazole rings is 1. The molecule has 0 saturated carbocycles.